The third-order valence-corrected chi connectivity index (χ3v) is 7.07. The van der Waals surface area contributed by atoms with Crippen LogP contribution in [-0.2, 0) is 16.8 Å². The van der Waals surface area contributed by atoms with Gasteiger partial charge in [-0.25, -0.2) is 13.8 Å². The summed E-state index contributed by atoms with van der Waals surface area (Å²) >= 11 is 0. The number of hydrogen-bond donors (Lipinski definition) is 4. The van der Waals surface area contributed by atoms with Crippen molar-refractivity contribution >= 4 is 16.9 Å². The summed E-state index contributed by atoms with van der Waals surface area (Å²) in [6.45, 7) is 3.68. The molecule has 5 aromatic rings. The lowest BCUT2D eigenvalue weighted by molar-refractivity contribution is -0.136. The van der Waals surface area contributed by atoms with E-state index in [1.54, 1.807) is 31.3 Å². The number of aryl methyl sites for hydroxylation is 2. The van der Waals surface area contributed by atoms with Crippen molar-refractivity contribution in [3.63, 3.8) is 0 Å². The molecule has 2 aromatic heterocycles. The Morgan fingerprint density at radius 3 is 2.67 bits per heavy atom. The Hall–Kier alpha value is -4.50. The fraction of sp³-hybridized carbons (Fsp3) is 0.226. The average molecular weight is 546 g/mol. The van der Waals surface area contributed by atoms with Crippen LogP contribution in [0.4, 0.5) is 8.78 Å². The molecule has 1 atom stereocenters. The molecule has 206 valence electrons. The third kappa shape index (κ3) is 5.20. The summed E-state index contributed by atoms with van der Waals surface area (Å²) in [4.78, 5) is 21.5. The van der Waals surface area contributed by atoms with Gasteiger partial charge in [0.1, 0.15) is 23.0 Å². The number of aliphatic carboxylic acids is 1. The Bertz CT molecular complexity index is 1690. The van der Waals surface area contributed by atoms with Crippen molar-refractivity contribution in [3.05, 3.63) is 101 Å². The number of aromatic amines is 2. The summed E-state index contributed by atoms with van der Waals surface area (Å²) in [5.41, 5.74) is 1.51. The number of rotatable bonds is 10. The summed E-state index contributed by atoms with van der Waals surface area (Å²) in [6.07, 6.45) is 4.52. The minimum atomic E-state index is -1.49. The fourth-order valence-corrected chi connectivity index (χ4v) is 5.00. The zero-order valence-electron chi connectivity index (χ0n) is 22.1. The smallest absolute Gasteiger partial charge is 0.303 e. The molecule has 40 heavy (non-hydrogen) atoms. The number of imidazole rings is 1. The lowest BCUT2D eigenvalue weighted by atomic mass is 9.85. The molecule has 0 bridgehead atoms. The van der Waals surface area contributed by atoms with Crippen LogP contribution in [0.15, 0.2) is 67.0 Å². The molecule has 0 spiro atoms. The van der Waals surface area contributed by atoms with E-state index in [2.05, 4.69) is 15.0 Å². The topological polar surface area (TPSA) is 111 Å². The number of ether oxygens (including phenoxy) is 1. The van der Waals surface area contributed by atoms with Crippen LogP contribution in [0, 0.1) is 18.6 Å². The van der Waals surface area contributed by atoms with Crippen molar-refractivity contribution in [1.29, 1.82) is 0 Å². The first-order valence-corrected chi connectivity index (χ1v) is 13.0. The minimum absolute atomic E-state index is 0.0254. The number of nitrogens with one attached hydrogen (secondary N) is 2. The number of aliphatic hydroxyl groups is 1. The summed E-state index contributed by atoms with van der Waals surface area (Å²) in [7, 11) is 0. The number of benzene rings is 3. The van der Waals surface area contributed by atoms with Gasteiger partial charge in [-0.05, 0) is 55.2 Å². The number of aromatic nitrogens is 3. The first-order valence-electron chi connectivity index (χ1n) is 13.0. The number of nitrogens with zero attached hydrogens (tertiary/aromatic N) is 1. The number of carboxylic acids is 1. The summed E-state index contributed by atoms with van der Waals surface area (Å²) in [6, 6.07) is 14.4. The SMILES string of the molecule is CCCC(O)(c1cccc(CCC(=O)O)c1)c1c[nH]c(-c2cc(Oc3c(F)cc4[nH]ccc4c3C)ccc2F)n1. The van der Waals surface area contributed by atoms with Gasteiger partial charge < -0.3 is 24.9 Å². The zero-order chi connectivity index (χ0) is 28.4. The second-order valence-corrected chi connectivity index (χ2v) is 9.83. The van der Waals surface area contributed by atoms with Crippen molar-refractivity contribution in [2.24, 2.45) is 0 Å². The molecule has 0 aliphatic rings. The quantitative estimate of drug-likeness (QED) is 0.151. The first kappa shape index (κ1) is 27.1. The zero-order valence-corrected chi connectivity index (χ0v) is 22.1. The highest BCUT2D eigenvalue weighted by Crippen LogP contribution is 2.37. The molecule has 0 radical (unpaired) electrons. The molecule has 0 aliphatic heterocycles. The molecule has 7 nitrogen and oxygen atoms in total. The minimum Gasteiger partial charge on any atom is -0.481 e. The molecule has 1 unspecified atom stereocenters. The van der Waals surface area contributed by atoms with Crippen LogP contribution >= 0.6 is 0 Å². The first-order chi connectivity index (χ1) is 19.2. The van der Waals surface area contributed by atoms with Crippen molar-refractivity contribution in [3.8, 4) is 22.9 Å². The summed E-state index contributed by atoms with van der Waals surface area (Å²) in [5, 5.41) is 21.7. The highest BCUT2D eigenvalue weighted by Gasteiger charge is 2.34. The molecule has 2 heterocycles. The fourth-order valence-electron chi connectivity index (χ4n) is 5.00. The van der Waals surface area contributed by atoms with Crippen LogP contribution in [0.3, 0.4) is 0 Å². The van der Waals surface area contributed by atoms with Crippen molar-refractivity contribution < 1.29 is 28.5 Å². The molecule has 3 aromatic carbocycles. The summed E-state index contributed by atoms with van der Waals surface area (Å²) in [5.74, 6) is -1.57. The lowest BCUT2D eigenvalue weighted by Gasteiger charge is -2.27. The second-order valence-electron chi connectivity index (χ2n) is 9.83. The number of halogens is 2. The van der Waals surface area contributed by atoms with Gasteiger partial charge in [0.2, 0.25) is 0 Å². The van der Waals surface area contributed by atoms with Gasteiger partial charge in [-0.15, -0.1) is 0 Å². The second kappa shape index (κ2) is 10.9. The molecule has 5 rings (SSSR count). The maximum absolute atomic E-state index is 15.0. The molecular weight excluding hydrogens is 516 g/mol. The van der Waals surface area contributed by atoms with Crippen LogP contribution in [-0.4, -0.2) is 31.1 Å². The van der Waals surface area contributed by atoms with E-state index in [1.807, 2.05) is 19.1 Å². The molecule has 0 fully saturated rings. The van der Waals surface area contributed by atoms with E-state index in [-0.39, 0.29) is 29.3 Å². The molecule has 0 amide bonds. The molecular formula is C31H29F2N3O4. The highest BCUT2D eigenvalue weighted by molar-refractivity contribution is 5.85. The van der Waals surface area contributed by atoms with Gasteiger partial charge in [-0.1, -0.05) is 37.6 Å². The van der Waals surface area contributed by atoms with E-state index in [0.717, 1.165) is 10.9 Å². The van der Waals surface area contributed by atoms with Gasteiger partial charge in [-0.3, -0.25) is 4.79 Å². The number of hydrogen-bond acceptors (Lipinski definition) is 4. The Balaban J connectivity index is 1.47. The van der Waals surface area contributed by atoms with Gasteiger partial charge >= 0.3 is 5.97 Å². The maximum atomic E-state index is 15.0. The van der Waals surface area contributed by atoms with Gasteiger partial charge in [0.05, 0.1) is 11.3 Å². The van der Waals surface area contributed by atoms with Gasteiger partial charge in [0.15, 0.2) is 11.6 Å². The van der Waals surface area contributed by atoms with Crippen LogP contribution < -0.4 is 4.74 Å². The van der Waals surface area contributed by atoms with Crippen LogP contribution in [0.25, 0.3) is 22.3 Å². The van der Waals surface area contributed by atoms with Gasteiger partial charge in [0.25, 0.3) is 0 Å². The van der Waals surface area contributed by atoms with Crippen LogP contribution in [0.1, 0.15) is 48.6 Å². The van der Waals surface area contributed by atoms with E-state index in [0.29, 0.717) is 41.6 Å². The van der Waals surface area contributed by atoms with E-state index in [4.69, 9.17) is 9.84 Å². The van der Waals surface area contributed by atoms with Crippen molar-refractivity contribution in [2.75, 3.05) is 0 Å². The Morgan fingerprint density at radius 2 is 1.90 bits per heavy atom. The van der Waals surface area contributed by atoms with E-state index >= 15 is 0 Å². The molecule has 0 saturated heterocycles. The predicted octanol–water partition coefficient (Wildman–Crippen LogP) is 6.99. The standard InChI is InChI=1S/C31H29F2N3O4/c1-3-12-31(39,20-6-4-5-19(14-20)7-10-28(37)38)27-17-35-30(36-27)23-15-21(8-9-24(23)32)40-29-18(2)22-11-13-34-26(22)16-25(29)33/h4-6,8-9,11,13-17,34,39H,3,7,10,12H2,1-2H3,(H,35,36)(H,37,38). The van der Waals surface area contributed by atoms with Gasteiger partial charge in [0, 0.05) is 41.3 Å². The van der Waals surface area contributed by atoms with E-state index in [1.165, 1.54) is 30.5 Å². The van der Waals surface area contributed by atoms with Crippen LogP contribution in [0.5, 0.6) is 11.5 Å². The number of carboxylic acid groups (broad SMARTS) is 1. The average Bonchev–Trinajstić information content (AvgIpc) is 3.62. The Kier molecular flexibility index (Phi) is 7.40. The number of H-pyrrole nitrogens is 2. The highest BCUT2D eigenvalue weighted by atomic mass is 19.1. The monoisotopic (exact) mass is 545 g/mol. The normalized spacial score (nSPS) is 12.9. The van der Waals surface area contributed by atoms with Gasteiger partial charge in [-0.2, -0.15) is 0 Å². The summed E-state index contributed by atoms with van der Waals surface area (Å²) < 4.78 is 35.7. The Morgan fingerprint density at radius 1 is 1.07 bits per heavy atom. The molecule has 0 saturated carbocycles. The lowest BCUT2D eigenvalue weighted by Crippen LogP contribution is -2.27. The Labute approximate surface area is 229 Å². The third-order valence-electron chi connectivity index (χ3n) is 7.07. The molecule has 0 aliphatic carbocycles. The predicted molar refractivity (Wildman–Crippen MR) is 147 cm³/mol. The molecule has 9 heteroatoms. The number of carbonyl (C=O) groups is 1. The van der Waals surface area contributed by atoms with Crippen LogP contribution in [0.2, 0.25) is 0 Å². The maximum Gasteiger partial charge on any atom is 0.303 e. The van der Waals surface area contributed by atoms with E-state index in [9.17, 15) is 18.7 Å². The largest absolute Gasteiger partial charge is 0.481 e. The van der Waals surface area contributed by atoms with Crippen molar-refractivity contribution in [1.82, 2.24) is 15.0 Å². The number of fused-ring (bicyclic) bond motifs is 1. The van der Waals surface area contributed by atoms with Crippen molar-refractivity contribution in [2.45, 2.75) is 45.1 Å². The molecule has 4 N–H and O–H groups in total. The van der Waals surface area contributed by atoms with E-state index < -0.39 is 23.2 Å².